The van der Waals surface area contributed by atoms with E-state index in [4.69, 9.17) is 14.2 Å². The lowest BCUT2D eigenvalue weighted by Gasteiger charge is -2.47. The SMILES string of the molecule is CC1=C[C@@]2(C)c3cc(C)cc(C)c3O[C@H]2[C@](Oc2ccc(C)cc2C)(c2cc(C)cc(C)c2OC(=O)C(C)(C)C)C1=O. The van der Waals surface area contributed by atoms with Crippen LogP contribution in [0.4, 0.5) is 0 Å². The number of hydrogen-bond donors (Lipinski definition) is 0. The number of ketones is 1. The monoisotopic (exact) mass is 566 g/mol. The van der Waals surface area contributed by atoms with Crippen LogP contribution in [0.25, 0.3) is 0 Å². The van der Waals surface area contributed by atoms with Crippen molar-refractivity contribution < 1.29 is 23.8 Å². The number of hydrogen-bond acceptors (Lipinski definition) is 5. The Morgan fingerprint density at radius 2 is 1.40 bits per heavy atom. The zero-order valence-corrected chi connectivity index (χ0v) is 26.7. The third kappa shape index (κ3) is 4.54. The normalized spacial score (nSPS) is 23.1. The average molecular weight is 567 g/mol. The van der Waals surface area contributed by atoms with Gasteiger partial charge >= 0.3 is 5.97 Å². The van der Waals surface area contributed by atoms with Gasteiger partial charge in [0.2, 0.25) is 11.4 Å². The van der Waals surface area contributed by atoms with Crippen molar-refractivity contribution in [3.05, 3.63) is 98.6 Å². The van der Waals surface area contributed by atoms with Crippen LogP contribution in [0, 0.1) is 47.0 Å². The molecule has 2 aliphatic rings. The van der Waals surface area contributed by atoms with E-state index in [1.54, 1.807) is 0 Å². The summed E-state index contributed by atoms with van der Waals surface area (Å²) in [5.74, 6) is 1.06. The summed E-state index contributed by atoms with van der Waals surface area (Å²) in [6, 6.07) is 14.0. The maximum atomic E-state index is 14.9. The van der Waals surface area contributed by atoms with Crippen molar-refractivity contribution in [2.45, 2.75) is 93.3 Å². The fourth-order valence-corrected chi connectivity index (χ4v) is 6.60. The highest BCUT2D eigenvalue weighted by molar-refractivity contribution is 6.05. The van der Waals surface area contributed by atoms with Crippen molar-refractivity contribution in [3.63, 3.8) is 0 Å². The van der Waals surface area contributed by atoms with Crippen LogP contribution < -0.4 is 14.2 Å². The van der Waals surface area contributed by atoms with E-state index in [-0.39, 0.29) is 5.78 Å². The highest BCUT2D eigenvalue weighted by atomic mass is 16.6. The molecule has 3 aromatic carbocycles. The van der Waals surface area contributed by atoms with Crippen LogP contribution in [0.2, 0.25) is 0 Å². The Kier molecular flexibility index (Phi) is 6.96. The first kappa shape index (κ1) is 29.6. The lowest BCUT2D eigenvalue weighted by molar-refractivity contribution is -0.148. The van der Waals surface area contributed by atoms with Gasteiger partial charge in [0.1, 0.15) is 17.2 Å². The Morgan fingerprint density at radius 1 is 0.810 bits per heavy atom. The minimum atomic E-state index is -1.66. The summed E-state index contributed by atoms with van der Waals surface area (Å²) in [6.45, 7) is 21.4. The highest BCUT2D eigenvalue weighted by Gasteiger charge is 2.66. The van der Waals surface area contributed by atoms with Gasteiger partial charge in [0.15, 0.2) is 6.10 Å². The number of rotatable bonds is 4. The third-order valence-corrected chi connectivity index (χ3v) is 8.59. The second-order valence-electron chi connectivity index (χ2n) is 13.6. The number of carbonyl (C=O) groups is 2. The second kappa shape index (κ2) is 9.86. The van der Waals surface area contributed by atoms with E-state index < -0.39 is 28.5 Å². The van der Waals surface area contributed by atoms with E-state index in [1.807, 2.05) is 98.7 Å². The largest absolute Gasteiger partial charge is 0.483 e. The van der Waals surface area contributed by atoms with E-state index in [0.29, 0.717) is 22.6 Å². The summed E-state index contributed by atoms with van der Waals surface area (Å²) >= 11 is 0. The Hall–Kier alpha value is -3.86. The quantitative estimate of drug-likeness (QED) is 0.236. The van der Waals surface area contributed by atoms with E-state index >= 15 is 0 Å². The number of Topliss-reactive ketones (excluding diaryl/α,β-unsaturated/α-hetero) is 1. The number of esters is 1. The van der Waals surface area contributed by atoms with Crippen LogP contribution in [-0.2, 0) is 20.6 Å². The van der Waals surface area contributed by atoms with Crippen molar-refractivity contribution in [1.29, 1.82) is 0 Å². The van der Waals surface area contributed by atoms with Gasteiger partial charge in [-0.1, -0.05) is 53.1 Å². The minimum absolute atomic E-state index is 0.217. The number of fused-ring (bicyclic) bond motifs is 3. The fourth-order valence-electron chi connectivity index (χ4n) is 6.60. The lowest BCUT2D eigenvalue weighted by Crippen LogP contribution is -2.62. The van der Waals surface area contributed by atoms with Gasteiger partial charge in [-0.05, 0) is 111 Å². The Morgan fingerprint density at radius 3 is 2.02 bits per heavy atom. The fraction of sp³-hybridized carbons (Fsp3) is 0.405. The first-order chi connectivity index (χ1) is 19.5. The van der Waals surface area contributed by atoms with Crippen LogP contribution in [-0.4, -0.2) is 17.9 Å². The van der Waals surface area contributed by atoms with Gasteiger partial charge in [-0.2, -0.15) is 0 Å². The average Bonchev–Trinajstić information content (AvgIpc) is 3.17. The van der Waals surface area contributed by atoms with Crippen LogP contribution in [0.5, 0.6) is 17.2 Å². The third-order valence-electron chi connectivity index (χ3n) is 8.59. The van der Waals surface area contributed by atoms with Crippen molar-refractivity contribution in [2.24, 2.45) is 5.41 Å². The summed E-state index contributed by atoms with van der Waals surface area (Å²) in [7, 11) is 0. The molecule has 42 heavy (non-hydrogen) atoms. The molecule has 1 heterocycles. The zero-order chi connectivity index (χ0) is 30.9. The van der Waals surface area contributed by atoms with Crippen molar-refractivity contribution in [3.8, 4) is 17.2 Å². The molecular formula is C37H42O5. The molecule has 0 radical (unpaired) electrons. The maximum Gasteiger partial charge on any atom is 0.316 e. The molecule has 1 aliphatic carbocycles. The van der Waals surface area contributed by atoms with Gasteiger partial charge in [0.25, 0.3) is 0 Å². The molecule has 3 aromatic rings. The van der Waals surface area contributed by atoms with Crippen LogP contribution in [0.15, 0.2) is 54.1 Å². The molecule has 0 fully saturated rings. The molecular weight excluding hydrogens is 524 g/mol. The summed E-state index contributed by atoms with van der Waals surface area (Å²) in [4.78, 5) is 28.2. The predicted molar refractivity (Wildman–Crippen MR) is 166 cm³/mol. The molecule has 0 saturated heterocycles. The molecule has 1 aliphatic heterocycles. The highest BCUT2D eigenvalue weighted by Crippen LogP contribution is 2.58. The first-order valence-electron chi connectivity index (χ1n) is 14.6. The summed E-state index contributed by atoms with van der Waals surface area (Å²) in [5, 5.41) is 0. The summed E-state index contributed by atoms with van der Waals surface area (Å²) in [6.07, 6.45) is 1.25. The molecule has 0 aromatic heterocycles. The molecule has 220 valence electrons. The lowest BCUT2D eigenvalue weighted by atomic mass is 9.62. The minimum Gasteiger partial charge on any atom is -0.483 e. The summed E-state index contributed by atoms with van der Waals surface area (Å²) < 4.78 is 20.2. The smallest absolute Gasteiger partial charge is 0.316 e. The van der Waals surface area contributed by atoms with E-state index in [9.17, 15) is 9.59 Å². The standard InChI is InChI=1S/C37H42O5/c1-20-12-13-29(23(4)14-20)42-37(28-18-22(3)16-25(6)31(28)41-34(39)35(8,9)10)32(38)26(7)19-36(11)27-17-21(2)15-24(5)30(27)40-33(36)37/h12-19,33H,1-11H3/t33-,36+,37+/m1/s1. The van der Waals surface area contributed by atoms with Crippen molar-refractivity contribution in [2.75, 3.05) is 0 Å². The van der Waals surface area contributed by atoms with Crippen molar-refractivity contribution >= 4 is 11.8 Å². The number of carbonyl (C=O) groups excluding carboxylic acids is 2. The molecule has 0 amide bonds. The molecule has 0 unspecified atom stereocenters. The molecule has 3 atom stereocenters. The molecule has 5 heteroatoms. The number of aryl methyl sites for hydroxylation is 6. The Bertz CT molecular complexity index is 1670. The Balaban J connectivity index is 1.88. The number of ether oxygens (including phenoxy) is 3. The van der Waals surface area contributed by atoms with Crippen LogP contribution in [0.3, 0.4) is 0 Å². The van der Waals surface area contributed by atoms with Gasteiger partial charge in [-0.3, -0.25) is 9.59 Å². The molecule has 5 nitrogen and oxygen atoms in total. The molecule has 0 spiro atoms. The molecule has 0 saturated carbocycles. The number of benzene rings is 3. The predicted octanol–water partition coefficient (Wildman–Crippen LogP) is 8.01. The van der Waals surface area contributed by atoms with Gasteiger partial charge in [0, 0.05) is 5.56 Å². The van der Waals surface area contributed by atoms with Gasteiger partial charge in [0.05, 0.1) is 16.4 Å². The van der Waals surface area contributed by atoms with E-state index in [1.165, 1.54) is 0 Å². The topological polar surface area (TPSA) is 61.8 Å². The van der Waals surface area contributed by atoms with Crippen LogP contribution >= 0.6 is 0 Å². The first-order valence-corrected chi connectivity index (χ1v) is 14.6. The van der Waals surface area contributed by atoms with Gasteiger partial charge < -0.3 is 14.2 Å². The van der Waals surface area contributed by atoms with E-state index in [2.05, 4.69) is 26.0 Å². The summed E-state index contributed by atoms with van der Waals surface area (Å²) in [5.41, 5.74) is 4.74. The molecule has 0 bridgehead atoms. The maximum absolute atomic E-state index is 14.9. The van der Waals surface area contributed by atoms with Gasteiger partial charge in [-0.15, -0.1) is 0 Å². The van der Waals surface area contributed by atoms with Crippen molar-refractivity contribution in [1.82, 2.24) is 0 Å². The van der Waals surface area contributed by atoms with E-state index in [0.717, 1.165) is 44.7 Å². The second-order valence-corrected chi connectivity index (χ2v) is 13.6. The zero-order valence-electron chi connectivity index (χ0n) is 26.7. The Labute approximate surface area is 249 Å². The molecule has 5 rings (SSSR count). The van der Waals surface area contributed by atoms with Gasteiger partial charge in [-0.25, -0.2) is 0 Å². The van der Waals surface area contributed by atoms with Crippen LogP contribution in [0.1, 0.15) is 79.1 Å². The molecule has 0 N–H and O–H groups in total.